The van der Waals surface area contributed by atoms with Crippen LogP contribution in [0, 0.1) is 11.8 Å². The molecule has 1 spiro atoms. The first-order valence-corrected chi connectivity index (χ1v) is 14.8. The van der Waals surface area contributed by atoms with E-state index in [1.807, 2.05) is 24.3 Å². The van der Waals surface area contributed by atoms with Crippen molar-refractivity contribution in [3.8, 4) is 0 Å². The van der Waals surface area contributed by atoms with Gasteiger partial charge in [-0.1, -0.05) is 28.8 Å². The molecule has 0 saturated carbocycles. The van der Waals surface area contributed by atoms with Gasteiger partial charge in [0.2, 0.25) is 11.8 Å². The number of ether oxygens (including phenoxy) is 2. The van der Waals surface area contributed by atoms with Gasteiger partial charge in [-0.25, -0.2) is 0 Å². The van der Waals surface area contributed by atoms with E-state index < -0.39 is 35.6 Å². The van der Waals surface area contributed by atoms with Gasteiger partial charge in [0.1, 0.15) is 11.6 Å². The largest absolute Gasteiger partial charge is 0.466 e. The Labute approximate surface area is 233 Å². The lowest BCUT2D eigenvalue weighted by Gasteiger charge is -2.34. The number of halogens is 1. The Morgan fingerprint density at radius 3 is 2.47 bits per heavy atom. The lowest BCUT2D eigenvalue weighted by atomic mass is 9.70. The van der Waals surface area contributed by atoms with Crippen molar-refractivity contribution in [2.75, 3.05) is 43.1 Å². The zero-order valence-electron chi connectivity index (χ0n) is 22.5. The fourth-order valence-electron chi connectivity index (χ4n) is 6.48. The van der Waals surface area contributed by atoms with Crippen molar-refractivity contribution in [1.82, 2.24) is 4.90 Å². The fourth-order valence-corrected chi connectivity index (χ4v) is 7.42. The van der Waals surface area contributed by atoms with E-state index in [0.29, 0.717) is 31.5 Å². The molecular weight excluding hydrogens is 554 g/mol. The topological polar surface area (TPSA) is 108 Å². The van der Waals surface area contributed by atoms with Crippen molar-refractivity contribution in [3.05, 3.63) is 24.3 Å². The monoisotopic (exact) mass is 593 g/mol. The van der Waals surface area contributed by atoms with Gasteiger partial charge in [0.25, 0.3) is 0 Å². The molecule has 0 radical (unpaired) electrons. The van der Waals surface area contributed by atoms with Gasteiger partial charge in [0.15, 0.2) is 0 Å². The Morgan fingerprint density at radius 1 is 1.16 bits per heavy atom. The first kappa shape index (κ1) is 28.8. The van der Waals surface area contributed by atoms with E-state index in [0.717, 1.165) is 31.6 Å². The molecule has 1 aromatic rings. The summed E-state index contributed by atoms with van der Waals surface area (Å²) in [5.74, 6) is -2.47. The van der Waals surface area contributed by atoms with Gasteiger partial charge in [0, 0.05) is 42.4 Å². The van der Waals surface area contributed by atoms with Crippen molar-refractivity contribution in [3.63, 3.8) is 0 Å². The average Bonchev–Trinajstić information content (AvgIpc) is 3.49. The molecule has 3 saturated heterocycles. The van der Waals surface area contributed by atoms with Crippen LogP contribution in [0.25, 0.3) is 0 Å². The van der Waals surface area contributed by atoms with Crippen LogP contribution in [0.15, 0.2) is 24.3 Å². The lowest BCUT2D eigenvalue weighted by Crippen LogP contribution is -2.54. The highest BCUT2D eigenvalue weighted by atomic mass is 79.9. The van der Waals surface area contributed by atoms with Crippen LogP contribution in [0.3, 0.4) is 0 Å². The van der Waals surface area contributed by atoms with Crippen LogP contribution < -0.4 is 10.2 Å². The first-order chi connectivity index (χ1) is 18.3. The predicted molar refractivity (Wildman–Crippen MR) is 148 cm³/mol. The lowest BCUT2D eigenvalue weighted by molar-refractivity contribution is -0.154. The highest BCUT2D eigenvalue weighted by molar-refractivity contribution is 9.09. The predicted octanol–water partition coefficient (Wildman–Crippen LogP) is 3.34. The van der Waals surface area contributed by atoms with Crippen LogP contribution in [-0.4, -0.2) is 83.2 Å². The molecule has 3 fully saturated rings. The van der Waals surface area contributed by atoms with E-state index >= 15 is 0 Å². The van der Waals surface area contributed by atoms with Crippen molar-refractivity contribution in [2.24, 2.45) is 11.8 Å². The molecular formula is C28H40BrN3O6. The number of benzene rings is 1. The van der Waals surface area contributed by atoms with Gasteiger partial charge in [-0.3, -0.25) is 14.4 Å². The quantitative estimate of drug-likeness (QED) is 0.205. The molecule has 10 heteroatoms. The number of likely N-dealkylation sites (tertiary alicyclic amines) is 1. The van der Waals surface area contributed by atoms with E-state index in [2.05, 4.69) is 40.0 Å². The molecule has 3 heterocycles. The van der Waals surface area contributed by atoms with E-state index in [4.69, 9.17) is 14.6 Å². The summed E-state index contributed by atoms with van der Waals surface area (Å²) in [4.78, 5) is 44.5. The molecule has 2 amide bonds. The number of alkyl halides is 1. The van der Waals surface area contributed by atoms with Crippen molar-refractivity contribution in [2.45, 2.75) is 75.4 Å². The number of carbonyl (C=O) groups excluding carboxylic acids is 3. The number of anilines is 2. The van der Waals surface area contributed by atoms with E-state index in [1.165, 1.54) is 0 Å². The molecule has 4 rings (SSSR count). The fraction of sp³-hybridized carbons (Fsp3) is 0.679. The second-order valence-corrected chi connectivity index (χ2v) is 11.5. The minimum absolute atomic E-state index is 0.134. The second-order valence-electron chi connectivity index (χ2n) is 10.3. The van der Waals surface area contributed by atoms with Crippen LogP contribution in [-0.2, 0) is 23.9 Å². The van der Waals surface area contributed by atoms with Gasteiger partial charge in [-0.05, 0) is 64.3 Å². The number of rotatable bonds is 13. The minimum atomic E-state index is -1.09. The number of hydrogen-bond donors (Lipinski definition) is 2. The highest BCUT2D eigenvalue weighted by Crippen LogP contribution is 2.60. The van der Waals surface area contributed by atoms with Crippen molar-refractivity contribution in [1.29, 1.82) is 0 Å². The standard InChI is InChI=1S/C28H40BrN3O6/c1-4-31(5-2)19-13-11-18(12-14-19)30-25(34)24-28-17-20(29)23(38-28)21(27(36)37-6-3)22(28)26(35)32(24)15-9-7-8-10-16-33/h11-14,20-24,33H,4-10,15-17H2,1-3H3,(H,30,34)/t20?,21-,22+,23-,24?,28?/m1/s1. The number of esters is 1. The summed E-state index contributed by atoms with van der Waals surface area (Å²) < 4.78 is 11.8. The molecule has 2 N–H and O–H groups in total. The number of aliphatic hydroxyl groups excluding tert-OH is 1. The van der Waals surface area contributed by atoms with Gasteiger partial charge in [-0.2, -0.15) is 0 Å². The van der Waals surface area contributed by atoms with Gasteiger partial charge < -0.3 is 29.7 Å². The van der Waals surface area contributed by atoms with Crippen LogP contribution in [0.1, 0.15) is 52.9 Å². The molecule has 2 bridgehead atoms. The summed E-state index contributed by atoms with van der Waals surface area (Å²) >= 11 is 3.66. The zero-order valence-corrected chi connectivity index (χ0v) is 24.1. The summed E-state index contributed by atoms with van der Waals surface area (Å²) in [5, 5.41) is 12.1. The van der Waals surface area contributed by atoms with Crippen LogP contribution in [0.5, 0.6) is 0 Å². The molecule has 38 heavy (non-hydrogen) atoms. The maximum atomic E-state index is 13.9. The molecule has 3 aliphatic rings. The molecule has 3 unspecified atom stereocenters. The Morgan fingerprint density at radius 2 is 1.84 bits per heavy atom. The number of aliphatic hydroxyl groups is 1. The third-order valence-corrected chi connectivity index (χ3v) is 9.01. The summed E-state index contributed by atoms with van der Waals surface area (Å²) in [7, 11) is 0. The van der Waals surface area contributed by atoms with Crippen LogP contribution in [0.2, 0.25) is 0 Å². The maximum absolute atomic E-state index is 13.9. The van der Waals surface area contributed by atoms with E-state index in [1.54, 1.807) is 11.8 Å². The number of carbonyl (C=O) groups is 3. The van der Waals surface area contributed by atoms with Gasteiger partial charge >= 0.3 is 5.97 Å². The Bertz CT molecular complexity index is 1000. The average molecular weight is 595 g/mol. The zero-order chi connectivity index (χ0) is 27.4. The van der Waals surface area contributed by atoms with Gasteiger partial charge in [-0.15, -0.1) is 0 Å². The SMILES string of the molecule is CCOC(=O)[C@H]1[C@@H]2OC3(CC2Br)C(C(=O)Nc2ccc(N(CC)CC)cc2)N(CCCCCCO)C(=O)[C@H]13. The summed E-state index contributed by atoms with van der Waals surface area (Å²) in [6.07, 6.45) is 3.02. The summed E-state index contributed by atoms with van der Waals surface area (Å²) in [6.45, 7) is 8.44. The van der Waals surface area contributed by atoms with E-state index in [9.17, 15) is 14.4 Å². The molecule has 9 nitrogen and oxygen atoms in total. The highest BCUT2D eigenvalue weighted by Gasteiger charge is 2.76. The Hall–Kier alpha value is -2.17. The number of nitrogens with zero attached hydrogens (tertiary/aromatic N) is 2. The molecule has 1 aromatic carbocycles. The maximum Gasteiger partial charge on any atom is 0.312 e. The smallest absolute Gasteiger partial charge is 0.312 e. The molecule has 0 aromatic heterocycles. The minimum Gasteiger partial charge on any atom is -0.466 e. The van der Waals surface area contributed by atoms with Crippen molar-refractivity contribution < 1.29 is 29.0 Å². The van der Waals surface area contributed by atoms with Crippen LogP contribution in [0.4, 0.5) is 11.4 Å². The Balaban J connectivity index is 1.60. The Kier molecular flexibility index (Phi) is 9.36. The number of nitrogens with one attached hydrogen (secondary N) is 1. The summed E-state index contributed by atoms with van der Waals surface area (Å²) in [5.41, 5.74) is 0.624. The third kappa shape index (κ3) is 5.19. The molecule has 3 aliphatic heterocycles. The number of unbranched alkanes of at least 4 members (excludes halogenated alkanes) is 3. The number of amides is 2. The molecule has 0 aliphatic carbocycles. The van der Waals surface area contributed by atoms with Gasteiger partial charge in [0.05, 0.1) is 24.5 Å². The molecule has 6 atom stereocenters. The first-order valence-electron chi connectivity index (χ1n) is 13.9. The number of fused-ring (bicyclic) bond motifs is 1. The number of hydrogen-bond acceptors (Lipinski definition) is 7. The molecule has 210 valence electrons. The van der Waals surface area contributed by atoms with Crippen molar-refractivity contribution >= 4 is 45.1 Å². The summed E-state index contributed by atoms with van der Waals surface area (Å²) in [6, 6.07) is 6.85. The third-order valence-electron chi connectivity index (χ3n) is 8.17. The second kappa shape index (κ2) is 12.3. The van der Waals surface area contributed by atoms with Crippen LogP contribution >= 0.6 is 15.9 Å². The van der Waals surface area contributed by atoms with E-state index in [-0.39, 0.29) is 29.9 Å². The normalized spacial score (nSPS) is 29.4.